The van der Waals surface area contributed by atoms with Gasteiger partial charge in [-0.2, -0.15) is 0 Å². The molecule has 2 rings (SSSR count). The molecule has 1 fully saturated rings. The standard InChI is InChI=1S/C12H15N3O4.ClH/c1-8-7-14(5-4-13-8)12(17)9-2-3-10(15(18)19)11(16)6-9;/h2-3,6,8,13,16H,4-5,7H2,1H3;1H. The Bertz CT molecular complexity index is 523. The van der Waals surface area contributed by atoms with Crippen LogP contribution in [0, 0.1) is 10.1 Å². The zero-order valence-corrected chi connectivity index (χ0v) is 11.7. The smallest absolute Gasteiger partial charge is 0.310 e. The molecular formula is C12H16ClN3O4. The monoisotopic (exact) mass is 301 g/mol. The van der Waals surface area contributed by atoms with Crippen LogP contribution in [0.5, 0.6) is 5.75 Å². The van der Waals surface area contributed by atoms with E-state index in [1.807, 2.05) is 6.92 Å². The molecule has 0 saturated carbocycles. The molecule has 0 bridgehead atoms. The van der Waals surface area contributed by atoms with Gasteiger partial charge in [0.1, 0.15) is 0 Å². The minimum absolute atomic E-state index is 0. The Hall–Kier alpha value is -1.86. The van der Waals surface area contributed by atoms with Gasteiger partial charge in [0, 0.05) is 37.3 Å². The predicted octanol–water partition coefficient (Wildman–Crippen LogP) is 1.16. The second-order valence-corrected chi connectivity index (χ2v) is 4.57. The van der Waals surface area contributed by atoms with E-state index in [2.05, 4.69) is 5.32 Å². The minimum atomic E-state index is -0.684. The van der Waals surface area contributed by atoms with Gasteiger partial charge in [-0.1, -0.05) is 0 Å². The van der Waals surface area contributed by atoms with Gasteiger partial charge in [0.2, 0.25) is 0 Å². The van der Waals surface area contributed by atoms with E-state index in [1.54, 1.807) is 4.90 Å². The summed E-state index contributed by atoms with van der Waals surface area (Å²) in [6.07, 6.45) is 0. The molecular weight excluding hydrogens is 286 g/mol. The van der Waals surface area contributed by atoms with Crippen molar-refractivity contribution in [3.8, 4) is 5.75 Å². The number of aromatic hydroxyl groups is 1. The van der Waals surface area contributed by atoms with Crippen molar-refractivity contribution >= 4 is 24.0 Å². The van der Waals surface area contributed by atoms with Crippen LogP contribution in [0.1, 0.15) is 17.3 Å². The van der Waals surface area contributed by atoms with Crippen LogP contribution in [-0.4, -0.2) is 46.5 Å². The summed E-state index contributed by atoms with van der Waals surface area (Å²) >= 11 is 0. The molecule has 1 aromatic rings. The largest absolute Gasteiger partial charge is 0.502 e. The van der Waals surface area contributed by atoms with Gasteiger partial charge in [-0.25, -0.2) is 0 Å². The summed E-state index contributed by atoms with van der Waals surface area (Å²) in [4.78, 5) is 23.8. The van der Waals surface area contributed by atoms with Crippen molar-refractivity contribution in [1.29, 1.82) is 0 Å². The molecule has 1 aliphatic heterocycles. The van der Waals surface area contributed by atoms with E-state index >= 15 is 0 Å². The van der Waals surface area contributed by atoms with Crippen molar-refractivity contribution in [2.75, 3.05) is 19.6 Å². The number of phenolic OH excluding ortho intramolecular Hbond substituents is 1. The SMILES string of the molecule is CC1CN(C(=O)c2ccc([N+](=O)[O-])c(O)c2)CCN1.Cl. The number of carbonyl (C=O) groups is 1. The molecule has 1 saturated heterocycles. The molecule has 0 radical (unpaired) electrons. The van der Waals surface area contributed by atoms with Crippen LogP contribution in [0.3, 0.4) is 0 Å². The summed E-state index contributed by atoms with van der Waals surface area (Å²) in [5, 5.41) is 23.3. The topological polar surface area (TPSA) is 95.7 Å². The average molecular weight is 302 g/mol. The quantitative estimate of drug-likeness (QED) is 0.631. The summed E-state index contributed by atoms with van der Waals surface area (Å²) in [5.41, 5.74) is -0.137. The number of nitrogens with one attached hydrogen (secondary N) is 1. The number of benzene rings is 1. The lowest BCUT2D eigenvalue weighted by molar-refractivity contribution is -0.385. The number of hydrogen-bond donors (Lipinski definition) is 2. The maximum atomic E-state index is 12.2. The van der Waals surface area contributed by atoms with Crippen LogP contribution in [0.4, 0.5) is 5.69 Å². The normalized spacial score (nSPS) is 18.2. The molecule has 1 amide bonds. The first-order chi connectivity index (χ1) is 8.99. The summed E-state index contributed by atoms with van der Waals surface area (Å²) in [6.45, 7) is 3.86. The Morgan fingerprint density at radius 1 is 1.55 bits per heavy atom. The number of carbonyl (C=O) groups excluding carboxylic acids is 1. The second kappa shape index (κ2) is 6.53. The molecule has 0 spiro atoms. The van der Waals surface area contributed by atoms with E-state index in [4.69, 9.17) is 0 Å². The van der Waals surface area contributed by atoms with Crippen molar-refractivity contribution in [3.05, 3.63) is 33.9 Å². The number of nitro groups is 1. The molecule has 1 unspecified atom stereocenters. The van der Waals surface area contributed by atoms with Crippen LogP contribution in [0.25, 0.3) is 0 Å². The molecule has 0 aliphatic carbocycles. The Morgan fingerprint density at radius 2 is 2.25 bits per heavy atom. The third kappa shape index (κ3) is 3.37. The van der Waals surface area contributed by atoms with Crippen LogP contribution in [-0.2, 0) is 0 Å². The fourth-order valence-electron chi connectivity index (χ4n) is 2.11. The number of hydrogen-bond acceptors (Lipinski definition) is 5. The van der Waals surface area contributed by atoms with Gasteiger partial charge in [0.25, 0.3) is 5.91 Å². The Labute approximate surface area is 122 Å². The molecule has 110 valence electrons. The van der Waals surface area contributed by atoms with E-state index < -0.39 is 16.4 Å². The molecule has 8 heteroatoms. The maximum absolute atomic E-state index is 12.2. The molecule has 20 heavy (non-hydrogen) atoms. The van der Waals surface area contributed by atoms with Gasteiger partial charge in [-0.3, -0.25) is 14.9 Å². The van der Waals surface area contributed by atoms with Crippen LogP contribution in [0.2, 0.25) is 0 Å². The Kier molecular flexibility index (Phi) is 5.29. The highest BCUT2D eigenvalue weighted by Gasteiger charge is 2.23. The zero-order valence-electron chi connectivity index (χ0n) is 10.9. The molecule has 1 heterocycles. The third-order valence-electron chi connectivity index (χ3n) is 3.08. The fourth-order valence-corrected chi connectivity index (χ4v) is 2.11. The fraction of sp³-hybridized carbons (Fsp3) is 0.417. The van der Waals surface area contributed by atoms with Crippen molar-refractivity contribution in [2.45, 2.75) is 13.0 Å². The second-order valence-electron chi connectivity index (χ2n) is 4.57. The summed E-state index contributed by atoms with van der Waals surface area (Å²) < 4.78 is 0. The molecule has 1 aromatic carbocycles. The van der Waals surface area contributed by atoms with Crippen LogP contribution in [0.15, 0.2) is 18.2 Å². The maximum Gasteiger partial charge on any atom is 0.310 e. The van der Waals surface area contributed by atoms with Gasteiger partial charge >= 0.3 is 5.69 Å². The van der Waals surface area contributed by atoms with E-state index in [0.717, 1.165) is 12.1 Å². The summed E-state index contributed by atoms with van der Waals surface area (Å²) in [6, 6.07) is 3.87. The Balaban J connectivity index is 0.00000200. The van der Waals surface area contributed by atoms with Crippen molar-refractivity contribution in [1.82, 2.24) is 10.2 Å². The Morgan fingerprint density at radius 3 is 2.80 bits per heavy atom. The van der Waals surface area contributed by atoms with Gasteiger partial charge in [0.15, 0.2) is 5.75 Å². The number of piperazine rings is 1. The lowest BCUT2D eigenvalue weighted by Crippen LogP contribution is -2.51. The van der Waals surface area contributed by atoms with E-state index in [-0.39, 0.29) is 29.9 Å². The molecule has 1 atom stereocenters. The minimum Gasteiger partial charge on any atom is -0.502 e. The number of nitro benzene ring substituents is 1. The highest BCUT2D eigenvalue weighted by atomic mass is 35.5. The number of nitrogens with zero attached hydrogens (tertiary/aromatic N) is 2. The highest BCUT2D eigenvalue weighted by Crippen LogP contribution is 2.26. The zero-order chi connectivity index (χ0) is 14.0. The summed E-state index contributed by atoms with van der Waals surface area (Å²) in [5.74, 6) is -0.711. The third-order valence-corrected chi connectivity index (χ3v) is 3.08. The first-order valence-electron chi connectivity index (χ1n) is 5.99. The first-order valence-corrected chi connectivity index (χ1v) is 5.99. The average Bonchev–Trinajstić information content (AvgIpc) is 2.37. The van der Waals surface area contributed by atoms with E-state index in [0.29, 0.717) is 19.6 Å². The van der Waals surface area contributed by atoms with Crippen molar-refractivity contribution in [2.24, 2.45) is 0 Å². The molecule has 7 nitrogen and oxygen atoms in total. The summed E-state index contributed by atoms with van der Waals surface area (Å²) in [7, 11) is 0. The van der Waals surface area contributed by atoms with Crippen molar-refractivity contribution < 1.29 is 14.8 Å². The van der Waals surface area contributed by atoms with Gasteiger partial charge < -0.3 is 15.3 Å². The number of phenols is 1. The lowest BCUT2D eigenvalue weighted by Gasteiger charge is -2.31. The van der Waals surface area contributed by atoms with Crippen LogP contribution >= 0.6 is 12.4 Å². The molecule has 2 N–H and O–H groups in total. The van der Waals surface area contributed by atoms with Gasteiger partial charge in [-0.15, -0.1) is 12.4 Å². The van der Waals surface area contributed by atoms with E-state index in [1.165, 1.54) is 6.07 Å². The van der Waals surface area contributed by atoms with Crippen LogP contribution < -0.4 is 5.32 Å². The predicted molar refractivity (Wildman–Crippen MR) is 75.4 cm³/mol. The number of rotatable bonds is 2. The van der Waals surface area contributed by atoms with Gasteiger partial charge in [-0.05, 0) is 19.1 Å². The van der Waals surface area contributed by atoms with Crippen molar-refractivity contribution in [3.63, 3.8) is 0 Å². The lowest BCUT2D eigenvalue weighted by atomic mass is 10.1. The highest BCUT2D eigenvalue weighted by molar-refractivity contribution is 5.95. The molecule has 1 aliphatic rings. The molecule has 0 aromatic heterocycles. The number of amides is 1. The number of halogens is 1. The first kappa shape index (κ1) is 16.2. The van der Waals surface area contributed by atoms with Gasteiger partial charge in [0.05, 0.1) is 4.92 Å². The van der Waals surface area contributed by atoms with E-state index in [9.17, 15) is 20.0 Å².